The van der Waals surface area contributed by atoms with E-state index in [9.17, 15) is 25.0 Å². The fraction of sp³-hybridized carbons (Fsp3) is 0.417. The molecule has 0 aliphatic heterocycles. The molecule has 0 spiro atoms. The number of rotatable bonds is 8. The van der Waals surface area contributed by atoms with E-state index in [4.69, 9.17) is 5.11 Å². The van der Waals surface area contributed by atoms with Gasteiger partial charge in [-0.15, -0.1) is 0 Å². The fourth-order valence-corrected chi connectivity index (χ4v) is 1.80. The van der Waals surface area contributed by atoms with Gasteiger partial charge in [0, 0.05) is 18.5 Å². The summed E-state index contributed by atoms with van der Waals surface area (Å²) in [5.74, 6) is -0.900. The van der Waals surface area contributed by atoms with E-state index in [0.29, 0.717) is 12.8 Å². The number of nitro benzene ring substituents is 2. The highest BCUT2D eigenvalue weighted by Crippen LogP contribution is 2.29. The Balaban J connectivity index is 2.80. The normalized spacial score (nSPS) is 11.7. The number of aliphatic carboxylic acids is 1. The van der Waals surface area contributed by atoms with Crippen molar-refractivity contribution in [1.82, 2.24) is 0 Å². The van der Waals surface area contributed by atoms with Crippen molar-refractivity contribution >= 4 is 23.0 Å². The maximum atomic E-state index is 10.9. The van der Waals surface area contributed by atoms with Crippen molar-refractivity contribution in [1.29, 1.82) is 0 Å². The second-order valence-electron chi connectivity index (χ2n) is 4.55. The predicted molar refractivity (Wildman–Crippen MR) is 74.3 cm³/mol. The molecule has 0 radical (unpaired) electrons. The van der Waals surface area contributed by atoms with E-state index in [2.05, 4.69) is 5.32 Å². The van der Waals surface area contributed by atoms with Crippen LogP contribution < -0.4 is 5.32 Å². The van der Waals surface area contributed by atoms with Crippen molar-refractivity contribution in [2.75, 3.05) is 5.32 Å². The third-order valence-electron chi connectivity index (χ3n) is 2.82. The van der Waals surface area contributed by atoms with Crippen LogP contribution in [-0.4, -0.2) is 27.0 Å². The van der Waals surface area contributed by atoms with E-state index in [1.165, 1.54) is 12.1 Å². The topological polar surface area (TPSA) is 136 Å². The molecular weight excluding hydrogens is 282 g/mol. The molecule has 9 heteroatoms. The molecular formula is C12H15N3O6. The van der Waals surface area contributed by atoms with Crippen molar-refractivity contribution in [3.63, 3.8) is 0 Å². The second-order valence-corrected chi connectivity index (χ2v) is 4.55. The number of nitro groups is 2. The number of nitrogens with one attached hydrogen (secondary N) is 1. The lowest BCUT2D eigenvalue weighted by atomic mass is 10.1. The summed E-state index contributed by atoms with van der Waals surface area (Å²) < 4.78 is 0. The van der Waals surface area contributed by atoms with E-state index in [1.807, 2.05) is 0 Å². The molecule has 0 aromatic heterocycles. The lowest BCUT2D eigenvalue weighted by Crippen LogP contribution is -2.16. The van der Waals surface area contributed by atoms with Crippen LogP contribution in [0.15, 0.2) is 18.2 Å². The van der Waals surface area contributed by atoms with Gasteiger partial charge in [-0.05, 0) is 25.8 Å². The number of carboxylic acids is 1. The molecule has 0 aliphatic carbocycles. The number of hydrogen-bond donors (Lipinski definition) is 2. The molecule has 21 heavy (non-hydrogen) atoms. The molecule has 0 amide bonds. The molecule has 0 fully saturated rings. The smallest absolute Gasteiger partial charge is 0.303 e. The van der Waals surface area contributed by atoms with Crippen LogP contribution in [-0.2, 0) is 4.79 Å². The first-order chi connectivity index (χ1) is 9.81. The van der Waals surface area contributed by atoms with Gasteiger partial charge in [-0.2, -0.15) is 0 Å². The first-order valence-corrected chi connectivity index (χ1v) is 6.22. The van der Waals surface area contributed by atoms with Crippen LogP contribution in [0.4, 0.5) is 17.1 Å². The highest BCUT2D eigenvalue weighted by atomic mass is 16.6. The van der Waals surface area contributed by atoms with Crippen molar-refractivity contribution < 1.29 is 19.7 Å². The molecule has 0 aliphatic rings. The van der Waals surface area contributed by atoms with Gasteiger partial charge in [0.25, 0.3) is 11.4 Å². The minimum atomic E-state index is -0.900. The highest BCUT2D eigenvalue weighted by Gasteiger charge is 2.20. The lowest BCUT2D eigenvalue weighted by molar-refractivity contribution is -0.393. The Hall–Kier alpha value is -2.71. The zero-order valence-electron chi connectivity index (χ0n) is 11.3. The van der Waals surface area contributed by atoms with E-state index >= 15 is 0 Å². The summed E-state index contributed by atoms with van der Waals surface area (Å²) in [5, 5.41) is 33.0. The van der Waals surface area contributed by atoms with E-state index < -0.39 is 15.8 Å². The first kappa shape index (κ1) is 16.3. The summed E-state index contributed by atoms with van der Waals surface area (Å²) in [5.41, 5.74) is -0.562. The quantitative estimate of drug-likeness (QED) is 0.555. The van der Waals surface area contributed by atoms with Crippen molar-refractivity contribution in [3.05, 3.63) is 38.4 Å². The Labute approximate surface area is 119 Å². The molecule has 0 bridgehead atoms. The summed E-state index contributed by atoms with van der Waals surface area (Å²) in [6, 6.07) is 3.17. The molecule has 1 rings (SSSR count). The standard InChI is InChI=1S/C12H15N3O6/c1-8(3-2-4-12(16)17)13-10-6-5-9(14(18)19)7-11(10)15(20)21/h5-8,13H,2-4H2,1H3,(H,16,17). The van der Waals surface area contributed by atoms with Crippen LogP contribution in [0, 0.1) is 20.2 Å². The van der Waals surface area contributed by atoms with Gasteiger partial charge in [0.1, 0.15) is 5.69 Å². The summed E-state index contributed by atoms with van der Waals surface area (Å²) in [4.78, 5) is 30.6. The molecule has 114 valence electrons. The summed E-state index contributed by atoms with van der Waals surface area (Å²) in [6.45, 7) is 1.76. The zero-order chi connectivity index (χ0) is 16.0. The average Bonchev–Trinajstić information content (AvgIpc) is 2.38. The summed E-state index contributed by atoms with van der Waals surface area (Å²) >= 11 is 0. The molecule has 1 atom stereocenters. The van der Waals surface area contributed by atoms with E-state index in [0.717, 1.165) is 6.07 Å². The minimum Gasteiger partial charge on any atom is -0.481 e. The molecule has 0 heterocycles. The highest BCUT2D eigenvalue weighted by molar-refractivity contribution is 5.67. The van der Waals surface area contributed by atoms with E-state index in [-0.39, 0.29) is 29.5 Å². The molecule has 1 aromatic carbocycles. The monoisotopic (exact) mass is 297 g/mol. The van der Waals surface area contributed by atoms with Gasteiger partial charge in [0.2, 0.25) is 0 Å². The maximum Gasteiger partial charge on any atom is 0.303 e. The van der Waals surface area contributed by atoms with E-state index in [1.54, 1.807) is 6.92 Å². The first-order valence-electron chi connectivity index (χ1n) is 6.22. The Bertz CT molecular complexity index is 560. The third-order valence-corrected chi connectivity index (χ3v) is 2.82. The van der Waals surface area contributed by atoms with Crippen molar-refractivity contribution in [3.8, 4) is 0 Å². The van der Waals surface area contributed by atoms with Gasteiger partial charge < -0.3 is 10.4 Å². The lowest BCUT2D eigenvalue weighted by Gasteiger charge is -2.14. The Kier molecular flexibility index (Phi) is 5.58. The van der Waals surface area contributed by atoms with Gasteiger partial charge in [0.15, 0.2) is 0 Å². The van der Waals surface area contributed by atoms with Crippen LogP contribution in [0.3, 0.4) is 0 Å². The number of hydrogen-bond acceptors (Lipinski definition) is 6. The molecule has 1 aromatic rings. The van der Waals surface area contributed by atoms with Crippen LogP contribution in [0.2, 0.25) is 0 Å². The largest absolute Gasteiger partial charge is 0.481 e. The Morgan fingerprint density at radius 3 is 2.52 bits per heavy atom. The molecule has 1 unspecified atom stereocenters. The van der Waals surface area contributed by atoms with Crippen molar-refractivity contribution in [2.45, 2.75) is 32.2 Å². The van der Waals surface area contributed by atoms with Gasteiger partial charge in [-0.3, -0.25) is 25.0 Å². The SMILES string of the molecule is CC(CCCC(=O)O)Nc1ccc([N+](=O)[O-])cc1[N+](=O)[O-]. The van der Waals surface area contributed by atoms with Gasteiger partial charge in [-0.1, -0.05) is 0 Å². The van der Waals surface area contributed by atoms with Gasteiger partial charge in [0.05, 0.1) is 15.9 Å². The number of carbonyl (C=O) groups is 1. The summed E-state index contributed by atoms with van der Waals surface area (Å²) in [6.07, 6.45) is 0.971. The summed E-state index contributed by atoms with van der Waals surface area (Å²) in [7, 11) is 0. The van der Waals surface area contributed by atoms with Gasteiger partial charge in [-0.25, -0.2) is 0 Å². The molecule has 0 saturated heterocycles. The molecule has 2 N–H and O–H groups in total. The van der Waals surface area contributed by atoms with Crippen LogP contribution in [0.25, 0.3) is 0 Å². The number of non-ortho nitro benzene ring substituents is 1. The van der Waals surface area contributed by atoms with Crippen LogP contribution in [0.1, 0.15) is 26.2 Å². The number of carboxylic acid groups (broad SMARTS) is 1. The Morgan fingerprint density at radius 2 is 2.00 bits per heavy atom. The number of nitrogens with zero attached hydrogens (tertiary/aromatic N) is 2. The number of benzene rings is 1. The van der Waals surface area contributed by atoms with Crippen LogP contribution >= 0.6 is 0 Å². The maximum absolute atomic E-state index is 10.9. The second kappa shape index (κ2) is 7.17. The predicted octanol–water partition coefficient (Wildman–Crippen LogP) is 2.56. The average molecular weight is 297 g/mol. The Morgan fingerprint density at radius 1 is 1.33 bits per heavy atom. The van der Waals surface area contributed by atoms with Gasteiger partial charge >= 0.3 is 5.97 Å². The molecule has 0 saturated carbocycles. The molecule has 9 nitrogen and oxygen atoms in total. The third kappa shape index (κ3) is 5.05. The zero-order valence-corrected chi connectivity index (χ0v) is 11.3. The number of anilines is 1. The fourth-order valence-electron chi connectivity index (χ4n) is 1.80. The van der Waals surface area contributed by atoms with Crippen molar-refractivity contribution in [2.24, 2.45) is 0 Å². The minimum absolute atomic E-state index is 0.0222. The van der Waals surface area contributed by atoms with Crippen LogP contribution in [0.5, 0.6) is 0 Å².